The molecule has 4 aromatic carbocycles. The Bertz CT molecular complexity index is 2460. The van der Waals surface area contributed by atoms with Crippen molar-refractivity contribution >= 4 is 46.1 Å². The molecule has 4 N–H and O–H groups in total. The number of benzene rings is 4. The van der Waals surface area contributed by atoms with Gasteiger partial charge in [0.05, 0.1) is 48.4 Å². The number of aromatic amines is 2. The van der Waals surface area contributed by atoms with E-state index in [9.17, 15) is 23.6 Å². The molecule has 292 valence electrons. The number of carbonyl (C=O) groups is 4. The number of fused-ring (bicyclic) bond motifs is 2. The van der Waals surface area contributed by atoms with Gasteiger partial charge >= 0.3 is 12.2 Å². The van der Waals surface area contributed by atoms with E-state index in [1.807, 2.05) is 30.3 Å². The maximum Gasteiger partial charge on any atom is 0.407 e. The van der Waals surface area contributed by atoms with Gasteiger partial charge < -0.3 is 39.9 Å². The molecule has 2 fully saturated rings. The van der Waals surface area contributed by atoms with Crippen LogP contribution in [0, 0.1) is 5.82 Å². The molecule has 8 rings (SSSR count). The van der Waals surface area contributed by atoms with Crippen molar-refractivity contribution in [3.8, 4) is 22.3 Å². The van der Waals surface area contributed by atoms with Gasteiger partial charge in [-0.1, -0.05) is 48.5 Å². The summed E-state index contributed by atoms with van der Waals surface area (Å²) in [6, 6.07) is 24.2. The van der Waals surface area contributed by atoms with Crippen molar-refractivity contribution < 1.29 is 33.0 Å². The Morgan fingerprint density at radius 2 is 1.23 bits per heavy atom. The van der Waals surface area contributed by atoms with Gasteiger partial charge in [-0.25, -0.2) is 23.9 Å². The van der Waals surface area contributed by atoms with Crippen LogP contribution < -0.4 is 10.6 Å². The fourth-order valence-electron chi connectivity index (χ4n) is 7.86. The van der Waals surface area contributed by atoms with Crippen molar-refractivity contribution in [2.24, 2.45) is 0 Å². The number of amides is 4. The second-order valence-electron chi connectivity index (χ2n) is 14.2. The highest BCUT2D eigenvalue weighted by atomic mass is 19.1. The summed E-state index contributed by atoms with van der Waals surface area (Å²) in [6.07, 6.45) is 1.66. The largest absolute Gasteiger partial charge is 0.453 e. The van der Waals surface area contributed by atoms with Crippen LogP contribution in [-0.4, -0.2) is 87.6 Å². The summed E-state index contributed by atoms with van der Waals surface area (Å²) in [5.41, 5.74) is 7.77. The summed E-state index contributed by atoms with van der Waals surface area (Å²) in [6.45, 7) is 0.931. The molecular formula is C42H41FN8O6. The molecule has 0 saturated carbocycles. The fourth-order valence-corrected chi connectivity index (χ4v) is 7.86. The minimum Gasteiger partial charge on any atom is -0.453 e. The molecule has 3 unspecified atom stereocenters. The number of rotatable bonds is 9. The van der Waals surface area contributed by atoms with Crippen molar-refractivity contribution in [1.82, 2.24) is 40.4 Å². The van der Waals surface area contributed by atoms with Gasteiger partial charge in [0.1, 0.15) is 30.1 Å². The van der Waals surface area contributed by atoms with Crippen LogP contribution in [0.4, 0.5) is 14.0 Å². The monoisotopic (exact) mass is 772 g/mol. The maximum absolute atomic E-state index is 13.9. The zero-order chi connectivity index (χ0) is 39.6. The number of aromatic nitrogens is 4. The quantitative estimate of drug-likeness (QED) is 0.126. The minimum absolute atomic E-state index is 0.137. The summed E-state index contributed by atoms with van der Waals surface area (Å²) in [5, 5.41) is 5.08. The molecule has 57 heavy (non-hydrogen) atoms. The number of carbonyl (C=O) groups excluding carboxylic acids is 4. The molecule has 6 aromatic rings. The molecule has 15 heteroatoms. The third kappa shape index (κ3) is 7.60. The molecule has 3 atom stereocenters. The van der Waals surface area contributed by atoms with Gasteiger partial charge in [0.25, 0.3) is 5.91 Å². The highest BCUT2D eigenvalue weighted by molar-refractivity contribution is 5.88. The number of ether oxygens (including phenoxy) is 2. The first kappa shape index (κ1) is 37.2. The fraction of sp³-hybridized carbons (Fsp3) is 0.286. The van der Waals surface area contributed by atoms with E-state index in [4.69, 9.17) is 14.7 Å². The van der Waals surface area contributed by atoms with E-state index in [2.05, 4.69) is 55.7 Å². The molecule has 2 aliphatic rings. The molecule has 2 saturated heterocycles. The third-order valence-electron chi connectivity index (χ3n) is 10.8. The Labute approximate surface area is 326 Å². The molecule has 14 nitrogen and oxygen atoms in total. The standard InChI is InChI=1S/C42H41FN8O6/c1-56-41(54)44-23-36(52)50-19-3-5-34(50)38-45-30-17-13-27(21-32(30)47-38)24-7-9-25(10-8-24)28-14-18-31-33(22-28)48-39(46-31)35-6-4-20-51(35)40(53)37(49-42(55)57-2)26-11-15-29(43)16-12-26/h7-18,21-22,34-35,37H,3-6,19-20,23H2,1-2H3,(H,44,54)(H,45,47)(H,46,48)(H,49,55). The van der Waals surface area contributed by atoms with Crippen molar-refractivity contribution in [1.29, 1.82) is 0 Å². The van der Waals surface area contributed by atoms with Crippen LogP contribution in [-0.2, 0) is 19.1 Å². The average molecular weight is 773 g/mol. The van der Waals surface area contributed by atoms with E-state index in [0.717, 1.165) is 69.4 Å². The first-order chi connectivity index (χ1) is 27.7. The van der Waals surface area contributed by atoms with Gasteiger partial charge in [0, 0.05) is 13.1 Å². The highest BCUT2D eigenvalue weighted by Crippen LogP contribution is 2.36. The number of hydrogen-bond donors (Lipinski definition) is 4. The number of nitrogens with zero attached hydrogens (tertiary/aromatic N) is 4. The molecular weight excluding hydrogens is 732 g/mol. The summed E-state index contributed by atoms with van der Waals surface area (Å²) >= 11 is 0. The van der Waals surface area contributed by atoms with Gasteiger partial charge in [-0.3, -0.25) is 9.59 Å². The number of hydrogen-bond acceptors (Lipinski definition) is 8. The molecule has 0 aliphatic carbocycles. The van der Waals surface area contributed by atoms with Crippen LogP contribution in [0.5, 0.6) is 0 Å². The second-order valence-corrected chi connectivity index (χ2v) is 14.2. The Hall–Kier alpha value is -6.77. The van der Waals surface area contributed by atoms with Gasteiger partial charge in [-0.2, -0.15) is 0 Å². The molecule has 4 heterocycles. The lowest BCUT2D eigenvalue weighted by Crippen LogP contribution is -2.42. The van der Waals surface area contributed by atoms with E-state index < -0.39 is 24.0 Å². The third-order valence-corrected chi connectivity index (χ3v) is 10.8. The summed E-state index contributed by atoms with van der Waals surface area (Å²) in [7, 11) is 2.49. The van der Waals surface area contributed by atoms with E-state index in [0.29, 0.717) is 30.9 Å². The number of nitrogens with one attached hydrogen (secondary N) is 4. The predicted octanol–water partition coefficient (Wildman–Crippen LogP) is 6.69. The van der Waals surface area contributed by atoms with Crippen LogP contribution in [0.25, 0.3) is 44.3 Å². The summed E-state index contributed by atoms with van der Waals surface area (Å²) < 4.78 is 23.1. The van der Waals surface area contributed by atoms with E-state index in [1.54, 1.807) is 9.80 Å². The van der Waals surface area contributed by atoms with Crippen LogP contribution in [0.2, 0.25) is 0 Å². The Kier molecular flexibility index (Phi) is 10.3. The number of likely N-dealkylation sites (tertiary alicyclic amines) is 2. The van der Waals surface area contributed by atoms with Gasteiger partial charge in [-0.15, -0.1) is 0 Å². The lowest BCUT2D eigenvalue weighted by molar-refractivity contribution is -0.134. The van der Waals surface area contributed by atoms with E-state index in [1.165, 1.54) is 38.5 Å². The Morgan fingerprint density at radius 1 is 0.719 bits per heavy atom. The van der Waals surface area contributed by atoms with Gasteiger partial charge in [-0.05, 0) is 89.9 Å². The smallest absolute Gasteiger partial charge is 0.407 e. The average Bonchev–Trinajstić information content (AvgIpc) is 4.07. The van der Waals surface area contributed by atoms with Crippen molar-refractivity contribution in [3.05, 3.63) is 108 Å². The summed E-state index contributed by atoms with van der Waals surface area (Å²) in [4.78, 5) is 70.5. The molecule has 2 aromatic heterocycles. The molecule has 0 radical (unpaired) electrons. The zero-order valence-electron chi connectivity index (χ0n) is 31.4. The molecule has 0 spiro atoms. The first-order valence-electron chi connectivity index (χ1n) is 18.8. The highest BCUT2D eigenvalue weighted by Gasteiger charge is 2.37. The lowest BCUT2D eigenvalue weighted by atomic mass is 10.00. The van der Waals surface area contributed by atoms with Crippen molar-refractivity contribution in [3.63, 3.8) is 0 Å². The number of alkyl carbamates (subject to hydrolysis) is 2. The maximum atomic E-state index is 13.9. The first-order valence-corrected chi connectivity index (χ1v) is 18.8. The predicted molar refractivity (Wildman–Crippen MR) is 209 cm³/mol. The van der Waals surface area contributed by atoms with Crippen LogP contribution in [0.3, 0.4) is 0 Å². The number of imidazole rings is 2. The molecule has 4 amide bonds. The number of methoxy groups -OCH3 is 2. The number of H-pyrrole nitrogens is 2. The Morgan fingerprint density at radius 3 is 1.77 bits per heavy atom. The zero-order valence-corrected chi connectivity index (χ0v) is 31.4. The lowest BCUT2D eigenvalue weighted by Gasteiger charge is -2.28. The normalized spacial score (nSPS) is 17.2. The SMILES string of the molecule is COC(=O)NCC(=O)N1CCCC1c1nc2ccc(-c3ccc(-c4ccc5nc(C6CCCN6C(=O)C(NC(=O)OC)c6ccc(F)cc6)[nH]c5c4)cc3)cc2[nH]1. The second kappa shape index (κ2) is 15.8. The van der Waals surface area contributed by atoms with Crippen molar-refractivity contribution in [2.45, 2.75) is 43.8 Å². The van der Waals surface area contributed by atoms with Crippen LogP contribution in [0.15, 0.2) is 84.9 Å². The summed E-state index contributed by atoms with van der Waals surface area (Å²) in [5.74, 6) is 0.406. The van der Waals surface area contributed by atoms with Crippen LogP contribution >= 0.6 is 0 Å². The van der Waals surface area contributed by atoms with Gasteiger partial charge in [0.15, 0.2) is 0 Å². The number of halogens is 1. The Balaban J connectivity index is 0.977. The molecule has 0 bridgehead atoms. The molecule has 2 aliphatic heterocycles. The van der Waals surface area contributed by atoms with E-state index in [-0.39, 0.29) is 30.4 Å². The van der Waals surface area contributed by atoms with E-state index >= 15 is 0 Å². The topological polar surface area (TPSA) is 175 Å². The minimum atomic E-state index is -1.05. The van der Waals surface area contributed by atoms with Crippen LogP contribution in [0.1, 0.15) is 61.0 Å². The van der Waals surface area contributed by atoms with Crippen molar-refractivity contribution in [2.75, 3.05) is 33.9 Å². The van der Waals surface area contributed by atoms with Gasteiger partial charge in [0.2, 0.25) is 5.91 Å².